The summed E-state index contributed by atoms with van der Waals surface area (Å²) in [6.45, 7) is 15.2. The fourth-order valence-corrected chi connectivity index (χ4v) is 3.78. The topological polar surface area (TPSA) is 57.5 Å². The Morgan fingerprint density at radius 1 is 1.10 bits per heavy atom. The van der Waals surface area contributed by atoms with Gasteiger partial charge in [-0.3, -0.25) is 14.6 Å². The molecule has 0 saturated heterocycles. The first-order valence-corrected chi connectivity index (χ1v) is 10.8. The summed E-state index contributed by atoms with van der Waals surface area (Å²) in [5, 5.41) is 11.4. The molecule has 1 unspecified atom stereocenters. The van der Waals surface area contributed by atoms with Crippen molar-refractivity contribution in [3.8, 4) is 0 Å². The van der Waals surface area contributed by atoms with Crippen LogP contribution in [0.4, 0.5) is 0 Å². The highest BCUT2D eigenvalue weighted by Crippen LogP contribution is 2.20. The Bertz CT molecular complexity index is 768. The van der Waals surface area contributed by atoms with Crippen molar-refractivity contribution < 1.29 is 0 Å². The van der Waals surface area contributed by atoms with Crippen LogP contribution in [0.15, 0.2) is 35.3 Å². The van der Waals surface area contributed by atoms with Crippen LogP contribution in [-0.4, -0.2) is 53.4 Å². The van der Waals surface area contributed by atoms with Crippen LogP contribution in [0.5, 0.6) is 0 Å². The summed E-state index contributed by atoms with van der Waals surface area (Å²) < 4.78 is 1.96. The third-order valence-corrected chi connectivity index (χ3v) is 5.53. The maximum absolute atomic E-state index is 4.92. The molecule has 7 heteroatoms. The Morgan fingerprint density at radius 3 is 2.30 bits per heavy atom. The van der Waals surface area contributed by atoms with Crippen LogP contribution in [0.25, 0.3) is 0 Å². The maximum atomic E-state index is 4.92. The molecule has 0 saturated carbocycles. The standard InChI is InChI=1S/C23H38N6.HI/c1-7-24-23(25-16-15-21-18(4)27-28(6)19(21)5)26-17-22(29(8-2)9-3)20-13-11-10-12-14-20;/h10-14,22H,7-9,15-17H2,1-6H3,(H2,24,25,26);1H. The van der Waals surface area contributed by atoms with Gasteiger partial charge in [-0.15, -0.1) is 24.0 Å². The highest BCUT2D eigenvalue weighted by atomic mass is 127. The van der Waals surface area contributed by atoms with E-state index in [9.17, 15) is 0 Å². The summed E-state index contributed by atoms with van der Waals surface area (Å²) in [6.07, 6.45) is 0.939. The SMILES string of the molecule is CCNC(=NCC(c1ccccc1)N(CC)CC)NCCc1c(C)nn(C)c1C.I. The molecule has 2 aromatic rings. The average Bonchev–Trinajstić information content (AvgIpc) is 2.97. The smallest absolute Gasteiger partial charge is 0.191 e. The number of rotatable bonds is 10. The van der Waals surface area contributed by atoms with E-state index in [1.54, 1.807) is 0 Å². The zero-order valence-electron chi connectivity index (χ0n) is 19.4. The van der Waals surface area contributed by atoms with Crippen molar-refractivity contribution in [1.29, 1.82) is 0 Å². The molecule has 6 nitrogen and oxygen atoms in total. The molecule has 2 N–H and O–H groups in total. The lowest BCUT2D eigenvalue weighted by atomic mass is 10.1. The highest BCUT2D eigenvalue weighted by molar-refractivity contribution is 14.0. The lowest BCUT2D eigenvalue weighted by Crippen LogP contribution is -2.39. The number of aliphatic imine (C=N–C) groups is 1. The number of likely N-dealkylation sites (N-methyl/N-ethyl adjacent to an activating group) is 1. The maximum Gasteiger partial charge on any atom is 0.191 e. The predicted molar refractivity (Wildman–Crippen MR) is 138 cm³/mol. The van der Waals surface area contributed by atoms with Gasteiger partial charge in [-0.1, -0.05) is 44.2 Å². The Balaban J connectivity index is 0.00000450. The molecule has 0 aliphatic rings. The summed E-state index contributed by atoms with van der Waals surface area (Å²) in [6, 6.07) is 11.0. The van der Waals surface area contributed by atoms with E-state index < -0.39 is 0 Å². The van der Waals surface area contributed by atoms with Gasteiger partial charge < -0.3 is 10.6 Å². The lowest BCUT2D eigenvalue weighted by molar-refractivity contribution is 0.224. The molecule has 1 aromatic carbocycles. The molecule has 168 valence electrons. The first-order chi connectivity index (χ1) is 14.0. The summed E-state index contributed by atoms with van der Waals surface area (Å²) in [5.41, 5.74) is 4.98. The quantitative estimate of drug-likeness (QED) is 0.281. The molecular weight excluding hydrogens is 487 g/mol. The first kappa shape index (κ1) is 26.4. The fourth-order valence-electron chi connectivity index (χ4n) is 3.78. The zero-order valence-corrected chi connectivity index (χ0v) is 21.7. The van der Waals surface area contributed by atoms with Gasteiger partial charge in [-0.2, -0.15) is 5.10 Å². The molecule has 30 heavy (non-hydrogen) atoms. The average molecular weight is 527 g/mol. The number of benzene rings is 1. The fraction of sp³-hybridized carbons (Fsp3) is 0.565. The van der Waals surface area contributed by atoms with Crippen LogP contribution < -0.4 is 10.6 Å². The van der Waals surface area contributed by atoms with Crippen molar-refractivity contribution in [3.63, 3.8) is 0 Å². The summed E-state index contributed by atoms with van der Waals surface area (Å²) in [5.74, 6) is 0.875. The van der Waals surface area contributed by atoms with Crippen molar-refractivity contribution in [2.24, 2.45) is 12.0 Å². The van der Waals surface area contributed by atoms with Gasteiger partial charge in [-0.05, 0) is 51.4 Å². The van der Waals surface area contributed by atoms with Gasteiger partial charge in [0, 0.05) is 25.8 Å². The second kappa shape index (κ2) is 13.6. The molecule has 0 aliphatic carbocycles. The van der Waals surface area contributed by atoms with Gasteiger partial charge in [0.1, 0.15) is 0 Å². The minimum atomic E-state index is 0. The van der Waals surface area contributed by atoms with Crippen molar-refractivity contribution in [1.82, 2.24) is 25.3 Å². The van der Waals surface area contributed by atoms with Gasteiger partial charge in [0.15, 0.2) is 5.96 Å². The van der Waals surface area contributed by atoms with Crippen LogP contribution in [0.3, 0.4) is 0 Å². The van der Waals surface area contributed by atoms with E-state index in [4.69, 9.17) is 4.99 Å². The van der Waals surface area contributed by atoms with Crippen molar-refractivity contribution in [2.45, 2.75) is 47.1 Å². The largest absolute Gasteiger partial charge is 0.357 e. The molecule has 0 bridgehead atoms. The molecule has 1 atom stereocenters. The Hall–Kier alpha value is -1.61. The zero-order chi connectivity index (χ0) is 21.2. The molecule has 0 fully saturated rings. The molecule has 0 aliphatic heterocycles. The second-order valence-corrected chi connectivity index (χ2v) is 7.32. The van der Waals surface area contributed by atoms with Crippen LogP contribution in [0.1, 0.15) is 49.3 Å². The van der Waals surface area contributed by atoms with Gasteiger partial charge in [0.25, 0.3) is 0 Å². The summed E-state index contributed by atoms with van der Waals surface area (Å²) >= 11 is 0. The second-order valence-electron chi connectivity index (χ2n) is 7.32. The molecule has 0 radical (unpaired) electrons. The Labute approximate surface area is 199 Å². The van der Waals surface area contributed by atoms with E-state index in [-0.39, 0.29) is 30.0 Å². The van der Waals surface area contributed by atoms with Crippen molar-refractivity contribution in [3.05, 3.63) is 52.8 Å². The van der Waals surface area contributed by atoms with E-state index in [0.717, 1.165) is 50.8 Å². The number of nitrogens with one attached hydrogen (secondary N) is 2. The number of aromatic nitrogens is 2. The van der Waals surface area contributed by atoms with E-state index >= 15 is 0 Å². The Kier molecular flexibility index (Phi) is 12.0. The van der Waals surface area contributed by atoms with E-state index in [1.807, 2.05) is 11.7 Å². The normalized spacial score (nSPS) is 12.6. The number of halogens is 1. The lowest BCUT2D eigenvalue weighted by Gasteiger charge is -2.29. The number of aryl methyl sites for hydroxylation is 2. The van der Waals surface area contributed by atoms with Gasteiger partial charge in [0.2, 0.25) is 0 Å². The molecule has 1 aromatic heterocycles. The number of hydrogen-bond acceptors (Lipinski definition) is 3. The van der Waals surface area contributed by atoms with Gasteiger partial charge >= 0.3 is 0 Å². The predicted octanol–water partition coefficient (Wildman–Crippen LogP) is 3.84. The van der Waals surface area contributed by atoms with Crippen LogP contribution in [0.2, 0.25) is 0 Å². The van der Waals surface area contributed by atoms with E-state index in [2.05, 4.69) is 85.6 Å². The highest BCUT2D eigenvalue weighted by Gasteiger charge is 2.17. The third-order valence-electron chi connectivity index (χ3n) is 5.53. The molecule has 0 spiro atoms. The van der Waals surface area contributed by atoms with E-state index in [0.29, 0.717) is 0 Å². The molecule has 0 amide bonds. The van der Waals surface area contributed by atoms with Crippen molar-refractivity contribution >= 4 is 29.9 Å². The third kappa shape index (κ3) is 7.27. The molecular formula is C23H39IN6. The van der Waals surface area contributed by atoms with Crippen LogP contribution in [-0.2, 0) is 13.5 Å². The summed E-state index contributed by atoms with van der Waals surface area (Å²) in [7, 11) is 2.00. The summed E-state index contributed by atoms with van der Waals surface area (Å²) in [4.78, 5) is 7.38. The molecule has 1 heterocycles. The van der Waals surface area contributed by atoms with Gasteiger partial charge in [0.05, 0.1) is 18.3 Å². The van der Waals surface area contributed by atoms with Crippen LogP contribution in [0, 0.1) is 13.8 Å². The monoisotopic (exact) mass is 526 g/mol. The molecule has 2 rings (SSSR count). The van der Waals surface area contributed by atoms with Crippen LogP contribution >= 0.6 is 24.0 Å². The number of nitrogens with zero attached hydrogens (tertiary/aromatic N) is 4. The van der Waals surface area contributed by atoms with E-state index in [1.165, 1.54) is 16.8 Å². The minimum absolute atomic E-state index is 0. The van der Waals surface area contributed by atoms with Crippen molar-refractivity contribution in [2.75, 3.05) is 32.7 Å². The minimum Gasteiger partial charge on any atom is -0.357 e. The van der Waals surface area contributed by atoms with Gasteiger partial charge in [-0.25, -0.2) is 0 Å². The first-order valence-electron chi connectivity index (χ1n) is 10.8. The Morgan fingerprint density at radius 2 is 1.77 bits per heavy atom. The number of guanidine groups is 1. The number of hydrogen-bond donors (Lipinski definition) is 2.